The zero-order valence-corrected chi connectivity index (χ0v) is 6.07. The Morgan fingerprint density at radius 2 is 2.00 bits per heavy atom. The van der Waals surface area contributed by atoms with E-state index >= 15 is 0 Å². The fourth-order valence-corrected chi connectivity index (χ4v) is 0.932. The zero-order valence-electron chi connectivity index (χ0n) is 6.07. The number of allylic oxidation sites excluding steroid dienone is 4. The van der Waals surface area contributed by atoms with E-state index < -0.39 is 11.7 Å². The van der Waals surface area contributed by atoms with Crippen molar-refractivity contribution in [3.63, 3.8) is 0 Å². The molecule has 11 heavy (non-hydrogen) atoms. The molecule has 0 N–H and O–H groups in total. The molecule has 0 nitrogen and oxygen atoms in total. The quantitative estimate of drug-likeness (QED) is 0.512. The second kappa shape index (κ2) is 2.72. The van der Waals surface area contributed by atoms with Gasteiger partial charge in [-0.2, -0.15) is 13.2 Å². The van der Waals surface area contributed by atoms with Crippen molar-refractivity contribution in [2.45, 2.75) is 19.5 Å². The third-order valence-electron chi connectivity index (χ3n) is 1.49. The molecule has 0 atom stereocenters. The van der Waals surface area contributed by atoms with Crippen molar-refractivity contribution in [3.8, 4) is 0 Å². The van der Waals surface area contributed by atoms with Crippen molar-refractivity contribution in [1.29, 1.82) is 0 Å². The lowest BCUT2D eigenvalue weighted by atomic mass is 10.0. The van der Waals surface area contributed by atoms with Crippen LogP contribution in [-0.4, -0.2) is 6.18 Å². The van der Waals surface area contributed by atoms with Crippen LogP contribution in [0.5, 0.6) is 0 Å². The summed E-state index contributed by atoms with van der Waals surface area (Å²) in [6.45, 7) is 1.67. The van der Waals surface area contributed by atoms with E-state index in [1.807, 2.05) is 0 Å². The van der Waals surface area contributed by atoms with Gasteiger partial charge in [-0.05, 0) is 19.8 Å². The third-order valence-corrected chi connectivity index (χ3v) is 1.49. The number of halogens is 3. The smallest absolute Gasteiger partial charge is 0.166 e. The molecule has 3 heteroatoms. The molecule has 0 spiro atoms. The van der Waals surface area contributed by atoms with Crippen LogP contribution in [0.2, 0.25) is 0 Å². The highest BCUT2D eigenvalue weighted by Crippen LogP contribution is 2.30. The van der Waals surface area contributed by atoms with E-state index in [0.29, 0.717) is 12.0 Å². The minimum Gasteiger partial charge on any atom is -0.166 e. The Hall–Kier alpha value is -0.730. The molecular weight excluding hydrogens is 153 g/mol. The fourth-order valence-electron chi connectivity index (χ4n) is 0.932. The SMILES string of the molecule is CC1=CC(C(F)(F)F)=CC[CH]1. The molecule has 0 heterocycles. The maximum absolute atomic E-state index is 12.0. The van der Waals surface area contributed by atoms with E-state index in [1.54, 1.807) is 13.3 Å². The molecule has 0 bridgehead atoms. The highest BCUT2D eigenvalue weighted by Gasteiger charge is 2.32. The van der Waals surface area contributed by atoms with Crippen LogP contribution >= 0.6 is 0 Å². The van der Waals surface area contributed by atoms with Gasteiger partial charge in [-0.25, -0.2) is 0 Å². The number of alkyl halides is 3. The van der Waals surface area contributed by atoms with Crippen LogP contribution < -0.4 is 0 Å². The molecule has 1 rings (SSSR count). The predicted molar refractivity (Wildman–Crippen MR) is 36.8 cm³/mol. The number of rotatable bonds is 0. The Morgan fingerprint density at radius 1 is 1.36 bits per heavy atom. The van der Waals surface area contributed by atoms with Gasteiger partial charge in [0.15, 0.2) is 0 Å². The average Bonchev–Trinajstić information content (AvgIpc) is 1.86. The van der Waals surface area contributed by atoms with Crippen LogP contribution in [-0.2, 0) is 0 Å². The standard InChI is InChI=1S/C8H8F3/c1-6-3-2-4-7(5-6)8(9,10)11/h3-5H,2H2,1H3. The van der Waals surface area contributed by atoms with Gasteiger partial charge in [-0.3, -0.25) is 0 Å². The van der Waals surface area contributed by atoms with Gasteiger partial charge in [0.2, 0.25) is 0 Å². The molecule has 0 aromatic carbocycles. The molecule has 61 valence electrons. The summed E-state index contributed by atoms with van der Waals surface area (Å²) in [5, 5.41) is 0. The Balaban J connectivity index is 2.82. The van der Waals surface area contributed by atoms with E-state index in [1.165, 1.54) is 6.08 Å². The molecule has 0 amide bonds. The first-order chi connectivity index (χ1) is 5.00. The second-order valence-electron chi connectivity index (χ2n) is 2.49. The van der Waals surface area contributed by atoms with Gasteiger partial charge in [-0.1, -0.05) is 17.7 Å². The van der Waals surface area contributed by atoms with Gasteiger partial charge in [0.25, 0.3) is 0 Å². The Morgan fingerprint density at radius 3 is 2.36 bits per heavy atom. The van der Waals surface area contributed by atoms with Crippen molar-refractivity contribution in [1.82, 2.24) is 0 Å². The zero-order chi connectivity index (χ0) is 8.48. The van der Waals surface area contributed by atoms with Gasteiger partial charge >= 0.3 is 6.18 Å². The molecule has 0 aromatic rings. The molecule has 0 unspecified atom stereocenters. The first-order valence-electron chi connectivity index (χ1n) is 3.29. The molecule has 0 saturated heterocycles. The first kappa shape index (κ1) is 8.37. The van der Waals surface area contributed by atoms with Crippen LogP contribution in [0, 0.1) is 6.42 Å². The van der Waals surface area contributed by atoms with Gasteiger partial charge in [0.1, 0.15) is 0 Å². The summed E-state index contributed by atoms with van der Waals surface area (Å²) in [6, 6.07) is 0. The summed E-state index contributed by atoms with van der Waals surface area (Å²) in [4.78, 5) is 0. The lowest BCUT2D eigenvalue weighted by molar-refractivity contribution is -0.0885. The van der Waals surface area contributed by atoms with Crippen molar-refractivity contribution in [2.24, 2.45) is 0 Å². The largest absolute Gasteiger partial charge is 0.416 e. The molecule has 1 aliphatic rings. The van der Waals surface area contributed by atoms with Crippen LogP contribution in [0.15, 0.2) is 23.3 Å². The topological polar surface area (TPSA) is 0 Å². The Kier molecular flexibility index (Phi) is 2.07. The molecule has 1 aliphatic carbocycles. The highest BCUT2D eigenvalue weighted by atomic mass is 19.4. The van der Waals surface area contributed by atoms with Crippen molar-refractivity contribution in [2.75, 3.05) is 0 Å². The van der Waals surface area contributed by atoms with Crippen LogP contribution in [0.1, 0.15) is 13.3 Å². The molecule has 0 saturated carbocycles. The first-order valence-corrected chi connectivity index (χ1v) is 3.29. The minimum atomic E-state index is -4.19. The normalized spacial score (nSPS) is 19.3. The number of hydrogen-bond acceptors (Lipinski definition) is 0. The summed E-state index contributed by atoms with van der Waals surface area (Å²) < 4.78 is 36.0. The van der Waals surface area contributed by atoms with E-state index in [4.69, 9.17) is 0 Å². The maximum Gasteiger partial charge on any atom is 0.416 e. The van der Waals surface area contributed by atoms with Crippen molar-refractivity contribution < 1.29 is 13.2 Å². The van der Waals surface area contributed by atoms with E-state index in [2.05, 4.69) is 0 Å². The fraction of sp³-hybridized carbons (Fsp3) is 0.375. The van der Waals surface area contributed by atoms with Gasteiger partial charge in [0, 0.05) is 0 Å². The molecular formula is C8H8F3. The van der Waals surface area contributed by atoms with Gasteiger partial charge < -0.3 is 0 Å². The van der Waals surface area contributed by atoms with Crippen molar-refractivity contribution in [3.05, 3.63) is 29.7 Å². The highest BCUT2D eigenvalue weighted by molar-refractivity contribution is 5.35. The average molecular weight is 161 g/mol. The van der Waals surface area contributed by atoms with Gasteiger partial charge in [0.05, 0.1) is 5.57 Å². The Bertz CT molecular complexity index is 208. The van der Waals surface area contributed by atoms with Crippen LogP contribution in [0.3, 0.4) is 0 Å². The predicted octanol–water partition coefficient (Wildman–Crippen LogP) is 3.03. The molecule has 1 radical (unpaired) electrons. The van der Waals surface area contributed by atoms with E-state index in [9.17, 15) is 13.2 Å². The summed E-state index contributed by atoms with van der Waals surface area (Å²) >= 11 is 0. The lowest BCUT2D eigenvalue weighted by Gasteiger charge is -2.12. The monoisotopic (exact) mass is 161 g/mol. The minimum absolute atomic E-state index is 0.386. The summed E-state index contributed by atoms with van der Waals surface area (Å²) in [5.74, 6) is 0. The lowest BCUT2D eigenvalue weighted by Crippen LogP contribution is -2.12. The summed E-state index contributed by atoms with van der Waals surface area (Å²) in [6.07, 6.45) is 0.304. The molecule has 0 aliphatic heterocycles. The van der Waals surface area contributed by atoms with Gasteiger partial charge in [-0.15, -0.1) is 0 Å². The maximum atomic E-state index is 12.0. The third kappa shape index (κ3) is 2.10. The van der Waals surface area contributed by atoms with Crippen LogP contribution in [0.4, 0.5) is 13.2 Å². The summed E-state index contributed by atoms with van der Waals surface area (Å²) in [5.41, 5.74) is 0.150. The molecule has 0 fully saturated rings. The summed E-state index contributed by atoms with van der Waals surface area (Å²) in [7, 11) is 0. The second-order valence-corrected chi connectivity index (χ2v) is 2.49. The molecule has 0 aromatic heterocycles. The van der Waals surface area contributed by atoms with E-state index in [0.717, 1.165) is 6.08 Å². The van der Waals surface area contributed by atoms with Crippen LogP contribution in [0.25, 0.3) is 0 Å². The Labute approximate surface area is 63.4 Å². The number of hydrogen-bond donors (Lipinski definition) is 0. The van der Waals surface area contributed by atoms with E-state index in [-0.39, 0.29) is 0 Å². The van der Waals surface area contributed by atoms with Crippen molar-refractivity contribution >= 4 is 0 Å².